The molecule has 1 aromatic heterocycles. The average molecular weight is 223 g/mol. The van der Waals surface area contributed by atoms with Crippen molar-refractivity contribution in [2.24, 2.45) is 5.92 Å². The third kappa shape index (κ3) is 3.49. The molecule has 16 heavy (non-hydrogen) atoms. The fourth-order valence-corrected chi connectivity index (χ4v) is 1.30. The van der Waals surface area contributed by atoms with Crippen LogP contribution in [0.15, 0.2) is 12.3 Å². The van der Waals surface area contributed by atoms with E-state index < -0.39 is 0 Å². The molecule has 0 radical (unpaired) electrons. The summed E-state index contributed by atoms with van der Waals surface area (Å²) in [5.41, 5.74) is 0.696. The van der Waals surface area contributed by atoms with Gasteiger partial charge in [0.15, 0.2) is 0 Å². The minimum Gasteiger partial charge on any atom is -0.370 e. The summed E-state index contributed by atoms with van der Waals surface area (Å²) in [4.78, 5) is 14.4. The molecule has 0 atom stereocenters. The zero-order valence-electron chi connectivity index (χ0n) is 9.86. The van der Waals surface area contributed by atoms with Gasteiger partial charge in [-0.2, -0.15) is 0 Å². The molecule has 0 aliphatic rings. The van der Waals surface area contributed by atoms with Crippen LogP contribution in [0.5, 0.6) is 0 Å². The summed E-state index contributed by atoms with van der Waals surface area (Å²) in [5, 5.41) is 13.8. The Morgan fingerprint density at radius 1 is 1.56 bits per heavy atom. The quantitative estimate of drug-likeness (QED) is 0.615. The van der Waals surface area contributed by atoms with Crippen LogP contribution in [0.3, 0.4) is 0 Å². The summed E-state index contributed by atoms with van der Waals surface area (Å²) in [7, 11) is 0. The van der Waals surface area contributed by atoms with Crippen LogP contribution in [0, 0.1) is 23.0 Å². The molecule has 0 aromatic carbocycles. The van der Waals surface area contributed by atoms with Gasteiger partial charge in [-0.25, -0.2) is 4.98 Å². The summed E-state index contributed by atoms with van der Waals surface area (Å²) < 4.78 is 0. The van der Waals surface area contributed by atoms with Gasteiger partial charge in [-0.05, 0) is 19.3 Å². The van der Waals surface area contributed by atoms with Crippen LogP contribution in [0.2, 0.25) is 0 Å². The van der Waals surface area contributed by atoms with E-state index in [9.17, 15) is 10.1 Å². The van der Waals surface area contributed by atoms with Gasteiger partial charge in [0.25, 0.3) is 5.69 Å². The van der Waals surface area contributed by atoms with Gasteiger partial charge in [-0.15, -0.1) is 0 Å². The molecule has 1 aromatic rings. The first-order valence-electron chi connectivity index (χ1n) is 5.35. The van der Waals surface area contributed by atoms with Gasteiger partial charge in [0.2, 0.25) is 0 Å². The lowest BCUT2D eigenvalue weighted by atomic mass is 10.1. The van der Waals surface area contributed by atoms with Crippen molar-refractivity contribution in [1.82, 2.24) is 4.98 Å². The molecule has 0 saturated heterocycles. The number of nitro groups is 1. The molecule has 0 saturated carbocycles. The lowest BCUT2D eigenvalue weighted by Gasteiger charge is -2.07. The molecule has 0 amide bonds. The van der Waals surface area contributed by atoms with Crippen molar-refractivity contribution in [2.45, 2.75) is 27.2 Å². The number of hydrogen-bond acceptors (Lipinski definition) is 4. The average Bonchev–Trinajstić information content (AvgIpc) is 2.19. The summed E-state index contributed by atoms with van der Waals surface area (Å²) >= 11 is 0. The largest absolute Gasteiger partial charge is 0.370 e. The van der Waals surface area contributed by atoms with E-state index in [-0.39, 0.29) is 10.6 Å². The van der Waals surface area contributed by atoms with Gasteiger partial charge in [0.1, 0.15) is 5.82 Å². The minimum atomic E-state index is -0.384. The van der Waals surface area contributed by atoms with Gasteiger partial charge in [-0.3, -0.25) is 10.1 Å². The number of aryl methyl sites for hydroxylation is 1. The van der Waals surface area contributed by atoms with Gasteiger partial charge < -0.3 is 5.32 Å². The molecule has 0 unspecified atom stereocenters. The Morgan fingerprint density at radius 2 is 2.25 bits per heavy atom. The predicted molar refractivity (Wildman–Crippen MR) is 63.6 cm³/mol. The maximum Gasteiger partial charge on any atom is 0.277 e. The van der Waals surface area contributed by atoms with E-state index >= 15 is 0 Å². The van der Waals surface area contributed by atoms with Gasteiger partial charge in [0.05, 0.1) is 11.0 Å². The van der Waals surface area contributed by atoms with Crippen molar-refractivity contribution >= 4 is 11.5 Å². The van der Waals surface area contributed by atoms with Crippen LogP contribution in [0.25, 0.3) is 0 Å². The first-order valence-corrected chi connectivity index (χ1v) is 5.35. The molecule has 0 fully saturated rings. The van der Waals surface area contributed by atoms with E-state index in [0.29, 0.717) is 17.3 Å². The van der Waals surface area contributed by atoms with Crippen LogP contribution in [-0.4, -0.2) is 16.5 Å². The molecular weight excluding hydrogens is 206 g/mol. The topological polar surface area (TPSA) is 68.1 Å². The second kappa shape index (κ2) is 5.44. The lowest BCUT2D eigenvalue weighted by molar-refractivity contribution is -0.385. The fraction of sp³-hybridized carbons (Fsp3) is 0.545. The van der Waals surface area contributed by atoms with Crippen molar-refractivity contribution < 1.29 is 4.92 Å². The number of pyridine rings is 1. The lowest BCUT2D eigenvalue weighted by Crippen LogP contribution is -2.06. The summed E-state index contributed by atoms with van der Waals surface area (Å²) in [6, 6.07) is 1.48. The van der Waals surface area contributed by atoms with Crippen molar-refractivity contribution in [1.29, 1.82) is 0 Å². The molecular formula is C11H17N3O2. The van der Waals surface area contributed by atoms with E-state index in [4.69, 9.17) is 0 Å². The molecule has 1 N–H and O–H groups in total. The summed E-state index contributed by atoms with van der Waals surface area (Å²) in [6.45, 7) is 6.73. The highest BCUT2D eigenvalue weighted by Gasteiger charge is 2.11. The number of anilines is 1. The molecule has 1 heterocycles. The zero-order valence-corrected chi connectivity index (χ0v) is 9.86. The third-order valence-electron chi connectivity index (χ3n) is 2.30. The zero-order chi connectivity index (χ0) is 12.1. The van der Waals surface area contributed by atoms with Gasteiger partial charge in [0, 0.05) is 18.3 Å². The van der Waals surface area contributed by atoms with E-state index in [1.807, 2.05) is 0 Å². The van der Waals surface area contributed by atoms with Crippen LogP contribution in [-0.2, 0) is 0 Å². The highest BCUT2D eigenvalue weighted by atomic mass is 16.6. The Hall–Kier alpha value is -1.65. The highest BCUT2D eigenvalue weighted by molar-refractivity contribution is 5.48. The van der Waals surface area contributed by atoms with E-state index in [2.05, 4.69) is 24.1 Å². The summed E-state index contributed by atoms with van der Waals surface area (Å²) in [5.74, 6) is 1.17. The minimum absolute atomic E-state index is 0.113. The maximum absolute atomic E-state index is 10.7. The monoisotopic (exact) mass is 223 g/mol. The van der Waals surface area contributed by atoms with E-state index in [1.165, 1.54) is 12.3 Å². The van der Waals surface area contributed by atoms with E-state index in [0.717, 1.165) is 13.0 Å². The normalized spacial score (nSPS) is 10.5. The fourth-order valence-electron chi connectivity index (χ4n) is 1.30. The Bertz CT molecular complexity index is 377. The molecule has 1 rings (SSSR count). The Balaban J connectivity index is 2.68. The molecule has 88 valence electrons. The Kier molecular flexibility index (Phi) is 4.22. The number of nitrogens with one attached hydrogen (secondary N) is 1. The van der Waals surface area contributed by atoms with Crippen LogP contribution >= 0.6 is 0 Å². The van der Waals surface area contributed by atoms with Crippen LogP contribution in [0.4, 0.5) is 11.5 Å². The standard InChI is InChI=1S/C11H17N3O2/c1-8(2)4-5-12-11-6-10(14(15)16)9(3)7-13-11/h6-8H,4-5H2,1-3H3,(H,12,13). The van der Waals surface area contributed by atoms with Crippen molar-refractivity contribution in [3.63, 3.8) is 0 Å². The molecule has 0 aliphatic carbocycles. The maximum atomic E-state index is 10.7. The number of rotatable bonds is 5. The highest BCUT2D eigenvalue weighted by Crippen LogP contribution is 2.19. The molecule has 5 heteroatoms. The number of hydrogen-bond donors (Lipinski definition) is 1. The smallest absolute Gasteiger partial charge is 0.277 e. The third-order valence-corrected chi connectivity index (χ3v) is 2.30. The molecule has 5 nitrogen and oxygen atoms in total. The first-order chi connectivity index (χ1) is 7.50. The van der Waals surface area contributed by atoms with Gasteiger partial charge >= 0.3 is 0 Å². The Morgan fingerprint density at radius 3 is 2.81 bits per heavy atom. The second-order valence-corrected chi connectivity index (χ2v) is 4.22. The predicted octanol–water partition coefficient (Wildman–Crippen LogP) is 2.76. The van der Waals surface area contributed by atoms with Crippen LogP contribution < -0.4 is 5.32 Å². The molecule has 0 aliphatic heterocycles. The second-order valence-electron chi connectivity index (χ2n) is 4.22. The van der Waals surface area contributed by atoms with Gasteiger partial charge in [-0.1, -0.05) is 13.8 Å². The summed E-state index contributed by atoms with van der Waals surface area (Å²) in [6.07, 6.45) is 2.54. The van der Waals surface area contributed by atoms with Crippen molar-refractivity contribution in [3.8, 4) is 0 Å². The Labute approximate surface area is 95.0 Å². The molecule has 0 bridgehead atoms. The van der Waals surface area contributed by atoms with Crippen molar-refractivity contribution in [2.75, 3.05) is 11.9 Å². The van der Waals surface area contributed by atoms with E-state index in [1.54, 1.807) is 6.92 Å². The molecule has 0 spiro atoms. The van der Waals surface area contributed by atoms with Crippen LogP contribution in [0.1, 0.15) is 25.8 Å². The first kappa shape index (κ1) is 12.4. The number of nitrogens with zero attached hydrogens (tertiary/aromatic N) is 2. The number of aromatic nitrogens is 1. The van der Waals surface area contributed by atoms with Crippen molar-refractivity contribution in [3.05, 3.63) is 27.9 Å². The SMILES string of the molecule is Cc1cnc(NCCC(C)C)cc1[N+](=O)[O-].